The Morgan fingerprint density at radius 3 is 2.43 bits per heavy atom. The number of nitrogens with one attached hydrogen (secondary N) is 1. The van der Waals surface area contributed by atoms with Gasteiger partial charge >= 0.3 is 0 Å². The molecule has 0 fully saturated rings. The molecule has 3 heteroatoms. The van der Waals surface area contributed by atoms with Crippen LogP contribution in [0.2, 0.25) is 0 Å². The summed E-state index contributed by atoms with van der Waals surface area (Å²) in [7, 11) is 0. The van der Waals surface area contributed by atoms with E-state index in [4.69, 9.17) is 0 Å². The highest BCUT2D eigenvalue weighted by Crippen LogP contribution is 2.30. The average molecular weight is 286 g/mol. The van der Waals surface area contributed by atoms with Crippen molar-refractivity contribution in [1.82, 2.24) is 9.78 Å². The number of hydrogen-bond donors (Lipinski definition) is 1. The summed E-state index contributed by atoms with van der Waals surface area (Å²) in [5, 5.41) is 3.05. The third kappa shape index (κ3) is 3.12. The SMILES string of the molecule is CCCCc1c(-c2ccccc2C)n(C(C)(C)C)[nH]c1=O. The number of aromatic amines is 1. The van der Waals surface area contributed by atoms with Crippen LogP contribution >= 0.6 is 0 Å². The van der Waals surface area contributed by atoms with Gasteiger partial charge in [-0.15, -0.1) is 0 Å². The minimum Gasteiger partial charge on any atom is -0.279 e. The summed E-state index contributed by atoms with van der Waals surface area (Å²) in [4.78, 5) is 12.4. The Bertz CT molecular complexity index is 671. The lowest BCUT2D eigenvalue weighted by atomic mass is 9.98. The van der Waals surface area contributed by atoms with Gasteiger partial charge in [0.25, 0.3) is 5.56 Å². The van der Waals surface area contributed by atoms with Gasteiger partial charge in [-0.1, -0.05) is 37.6 Å². The van der Waals surface area contributed by atoms with E-state index in [1.54, 1.807) is 0 Å². The van der Waals surface area contributed by atoms with E-state index in [0.29, 0.717) is 0 Å². The first kappa shape index (κ1) is 15.6. The van der Waals surface area contributed by atoms with Gasteiger partial charge < -0.3 is 0 Å². The molecule has 1 N–H and O–H groups in total. The number of hydrogen-bond acceptors (Lipinski definition) is 1. The van der Waals surface area contributed by atoms with Crippen molar-refractivity contribution in [3.05, 3.63) is 45.7 Å². The molecule has 21 heavy (non-hydrogen) atoms. The Morgan fingerprint density at radius 2 is 1.86 bits per heavy atom. The second-order valence-corrected chi connectivity index (χ2v) is 6.69. The fourth-order valence-electron chi connectivity index (χ4n) is 2.68. The Labute approximate surface area is 127 Å². The molecule has 0 saturated heterocycles. The maximum absolute atomic E-state index is 12.4. The van der Waals surface area contributed by atoms with Crippen molar-refractivity contribution in [3.8, 4) is 11.3 Å². The fraction of sp³-hybridized carbons (Fsp3) is 0.500. The van der Waals surface area contributed by atoms with Gasteiger partial charge in [0, 0.05) is 11.1 Å². The van der Waals surface area contributed by atoms with E-state index in [9.17, 15) is 4.79 Å². The van der Waals surface area contributed by atoms with Crippen molar-refractivity contribution in [2.75, 3.05) is 0 Å². The highest BCUT2D eigenvalue weighted by molar-refractivity contribution is 5.67. The minimum atomic E-state index is -0.152. The Kier molecular flexibility index (Phi) is 4.40. The van der Waals surface area contributed by atoms with Crippen LogP contribution in [0.1, 0.15) is 51.7 Å². The molecular formula is C18H26N2O. The van der Waals surface area contributed by atoms with Gasteiger partial charge in [-0.05, 0) is 46.1 Å². The maximum atomic E-state index is 12.4. The zero-order valence-electron chi connectivity index (χ0n) is 13.8. The van der Waals surface area contributed by atoms with Gasteiger partial charge in [0.2, 0.25) is 0 Å². The van der Waals surface area contributed by atoms with Crippen LogP contribution in [0.4, 0.5) is 0 Å². The number of rotatable bonds is 4. The van der Waals surface area contributed by atoms with Crippen molar-refractivity contribution < 1.29 is 0 Å². The normalized spacial score (nSPS) is 11.9. The second-order valence-electron chi connectivity index (χ2n) is 6.69. The number of aromatic nitrogens is 2. The minimum absolute atomic E-state index is 0.0524. The number of aryl methyl sites for hydroxylation is 1. The molecule has 114 valence electrons. The van der Waals surface area contributed by atoms with E-state index >= 15 is 0 Å². The molecule has 0 bridgehead atoms. The molecule has 0 amide bonds. The summed E-state index contributed by atoms with van der Waals surface area (Å²) < 4.78 is 2.03. The van der Waals surface area contributed by atoms with Crippen LogP contribution < -0.4 is 5.56 Å². The van der Waals surface area contributed by atoms with E-state index in [2.05, 4.69) is 51.9 Å². The van der Waals surface area contributed by atoms with E-state index in [-0.39, 0.29) is 11.1 Å². The van der Waals surface area contributed by atoms with Crippen LogP contribution in [0.15, 0.2) is 29.1 Å². The lowest BCUT2D eigenvalue weighted by Gasteiger charge is -2.24. The average Bonchev–Trinajstić information content (AvgIpc) is 2.74. The van der Waals surface area contributed by atoms with E-state index < -0.39 is 0 Å². The van der Waals surface area contributed by atoms with Gasteiger partial charge in [-0.2, -0.15) is 0 Å². The molecule has 0 aliphatic carbocycles. The molecule has 0 atom stereocenters. The standard InChI is InChI=1S/C18H26N2O/c1-6-7-11-15-16(14-12-9-8-10-13(14)2)20(18(3,4)5)19-17(15)21/h8-10,12H,6-7,11H2,1-5H3,(H,19,21). The largest absolute Gasteiger partial charge is 0.279 e. The van der Waals surface area contributed by atoms with Crippen LogP contribution in [0, 0.1) is 6.92 Å². The third-order valence-corrected chi connectivity index (χ3v) is 3.85. The molecule has 1 heterocycles. The lowest BCUT2D eigenvalue weighted by Crippen LogP contribution is -2.25. The number of nitrogens with zero attached hydrogens (tertiary/aromatic N) is 1. The summed E-state index contributed by atoms with van der Waals surface area (Å²) >= 11 is 0. The lowest BCUT2D eigenvalue weighted by molar-refractivity contribution is 0.358. The highest BCUT2D eigenvalue weighted by atomic mass is 16.1. The van der Waals surface area contributed by atoms with Crippen LogP contribution in [-0.4, -0.2) is 9.78 Å². The van der Waals surface area contributed by atoms with Crippen molar-refractivity contribution in [1.29, 1.82) is 0 Å². The van der Waals surface area contributed by atoms with Crippen molar-refractivity contribution in [2.24, 2.45) is 0 Å². The summed E-state index contributed by atoms with van der Waals surface area (Å²) in [6.45, 7) is 10.6. The molecule has 1 aromatic carbocycles. The van der Waals surface area contributed by atoms with E-state index in [1.807, 2.05) is 16.8 Å². The Balaban J connectivity index is 2.71. The molecule has 0 aliphatic heterocycles. The van der Waals surface area contributed by atoms with Gasteiger partial charge in [0.1, 0.15) is 0 Å². The topological polar surface area (TPSA) is 37.8 Å². The number of unbranched alkanes of at least 4 members (excludes halogenated alkanes) is 1. The molecule has 0 spiro atoms. The van der Waals surface area contributed by atoms with E-state index in [1.165, 1.54) is 5.56 Å². The highest BCUT2D eigenvalue weighted by Gasteiger charge is 2.24. The van der Waals surface area contributed by atoms with Gasteiger partial charge in [-0.3, -0.25) is 14.6 Å². The Morgan fingerprint density at radius 1 is 1.19 bits per heavy atom. The Hall–Kier alpha value is -1.77. The molecular weight excluding hydrogens is 260 g/mol. The van der Waals surface area contributed by atoms with Crippen LogP contribution in [0.25, 0.3) is 11.3 Å². The van der Waals surface area contributed by atoms with Gasteiger partial charge in [0.05, 0.1) is 11.2 Å². The zero-order valence-corrected chi connectivity index (χ0v) is 13.8. The summed E-state index contributed by atoms with van der Waals surface area (Å²) in [5.74, 6) is 0. The molecule has 2 aromatic rings. The predicted octanol–water partition coefficient (Wildman–Crippen LogP) is 4.25. The predicted molar refractivity (Wildman–Crippen MR) is 88.8 cm³/mol. The van der Waals surface area contributed by atoms with Crippen LogP contribution in [0.5, 0.6) is 0 Å². The molecule has 3 nitrogen and oxygen atoms in total. The fourth-order valence-corrected chi connectivity index (χ4v) is 2.68. The summed E-state index contributed by atoms with van der Waals surface area (Å²) in [6.07, 6.45) is 2.96. The summed E-state index contributed by atoms with van der Waals surface area (Å²) in [6, 6.07) is 8.28. The van der Waals surface area contributed by atoms with Crippen LogP contribution in [0.3, 0.4) is 0 Å². The zero-order chi connectivity index (χ0) is 15.6. The molecule has 0 radical (unpaired) electrons. The first-order chi connectivity index (χ1) is 9.86. The van der Waals surface area contributed by atoms with Gasteiger partial charge in [-0.25, -0.2) is 0 Å². The quantitative estimate of drug-likeness (QED) is 0.896. The molecule has 2 rings (SSSR count). The molecule has 0 saturated carbocycles. The smallest absolute Gasteiger partial charge is 0.267 e. The van der Waals surface area contributed by atoms with Crippen molar-refractivity contribution in [2.45, 2.75) is 59.4 Å². The third-order valence-electron chi connectivity index (χ3n) is 3.85. The first-order valence-corrected chi connectivity index (χ1v) is 7.76. The molecule has 0 aliphatic rings. The number of H-pyrrole nitrogens is 1. The molecule has 0 unspecified atom stereocenters. The number of benzene rings is 1. The molecule has 1 aromatic heterocycles. The summed E-state index contributed by atoms with van der Waals surface area (Å²) in [5.41, 5.74) is 4.22. The second kappa shape index (κ2) is 5.92. The van der Waals surface area contributed by atoms with Crippen molar-refractivity contribution in [3.63, 3.8) is 0 Å². The van der Waals surface area contributed by atoms with E-state index in [0.717, 1.165) is 36.1 Å². The monoisotopic (exact) mass is 286 g/mol. The maximum Gasteiger partial charge on any atom is 0.267 e. The van der Waals surface area contributed by atoms with Crippen molar-refractivity contribution >= 4 is 0 Å². The first-order valence-electron chi connectivity index (χ1n) is 7.76. The van der Waals surface area contributed by atoms with Crippen LogP contribution in [-0.2, 0) is 12.0 Å². The van der Waals surface area contributed by atoms with Gasteiger partial charge in [0.15, 0.2) is 0 Å².